The van der Waals surface area contributed by atoms with E-state index in [4.69, 9.17) is 9.47 Å². The molecule has 1 aliphatic rings. The minimum absolute atomic E-state index is 0.223. The highest BCUT2D eigenvalue weighted by molar-refractivity contribution is 6.05. The third-order valence-corrected chi connectivity index (χ3v) is 6.65. The smallest absolute Gasteiger partial charge is 0.255 e. The molecule has 1 unspecified atom stereocenters. The zero-order chi connectivity index (χ0) is 25.8. The lowest BCUT2D eigenvalue weighted by molar-refractivity contribution is -0.125. The van der Waals surface area contributed by atoms with E-state index in [9.17, 15) is 9.59 Å². The Hall–Kier alpha value is -4.58. The van der Waals surface area contributed by atoms with Gasteiger partial charge in [-0.2, -0.15) is 0 Å². The summed E-state index contributed by atoms with van der Waals surface area (Å²) < 4.78 is 10.9. The molecule has 0 fully saturated rings. The molecule has 1 aliphatic heterocycles. The molecule has 2 amide bonds. The van der Waals surface area contributed by atoms with Crippen LogP contribution >= 0.6 is 0 Å². The Morgan fingerprint density at radius 2 is 1.43 bits per heavy atom. The van der Waals surface area contributed by atoms with Crippen LogP contribution in [0.15, 0.2) is 97.1 Å². The number of fused-ring (bicyclic) bond motifs is 1. The Morgan fingerprint density at radius 3 is 2.14 bits per heavy atom. The molecule has 4 aromatic carbocycles. The quantitative estimate of drug-likeness (QED) is 0.358. The summed E-state index contributed by atoms with van der Waals surface area (Å²) in [4.78, 5) is 29.0. The number of hydrogen-bond donors (Lipinski definition) is 1. The summed E-state index contributed by atoms with van der Waals surface area (Å²) >= 11 is 0. The Balaban J connectivity index is 1.53. The van der Waals surface area contributed by atoms with Gasteiger partial charge < -0.3 is 19.7 Å². The first-order valence-electron chi connectivity index (χ1n) is 12.1. The third kappa shape index (κ3) is 4.78. The third-order valence-electron chi connectivity index (χ3n) is 6.65. The first-order valence-corrected chi connectivity index (χ1v) is 12.1. The predicted molar refractivity (Wildman–Crippen MR) is 142 cm³/mol. The number of methoxy groups -OCH3 is 2. The highest BCUT2D eigenvalue weighted by atomic mass is 16.5. The topological polar surface area (TPSA) is 67.9 Å². The molecule has 6 nitrogen and oxygen atoms in total. The molecule has 5 rings (SSSR count). The first-order chi connectivity index (χ1) is 18.1. The number of benzene rings is 4. The molecule has 6 heteroatoms. The minimum Gasteiger partial charge on any atom is -0.493 e. The van der Waals surface area contributed by atoms with Gasteiger partial charge in [0, 0.05) is 24.2 Å². The highest BCUT2D eigenvalue weighted by Crippen LogP contribution is 2.42. The van der Waals surface area contributed by atoms with Gasteiger partial charge in [-0.3, -0.25) is 9.59 Å². The molecule has 0 aliphatic carbocycles. The number of ether oxygens (including phenoxy) is 2. The van der Waals surface area contributed by atoms with Crippen LogP contribution in [-0.4, -0.2) is 30.9 Å². The van der Waals surface area contributed by atoms with Crippen molar-refractivity contribution < 1.29 is 19.1 Å². The van der Waals surface area contributed by atoms with E-state index in [2.05, 4.69) is 5.32 Å². The molecule has 0 spiro atoms. The van der Waals surface area contributed by atoms with E-state index in [0.717, 1.165) is 22.3 Å². The summed E-state index contributed by atoms with van der Waals surface area (Å²) in [6.07, 6.45) is 0. The Morgan fingerprint density at radius 1 is 0.811 bits per heavy atom. The minimum atomic E-state index is -0.810. The molecule has 0 bridgehead atoms. The van der Waals surface area contributed by atoms with Crippen molar-refractivity contribution in [3.8, 4) is 22.6 Å². The van der Waals surface area contributed by atoms with Gasteiger partial charge >= 0.3 is 0 Å². The number of amides is 2. The van der Waals surface area contributed by atoms with Gasteiger partial charge in [-0.1, -0.05) is 84.9 Å². The molecule has 0 radical (unpaired) electrons. The van der Waals surface area contributed by atoms with E-state index in [1.165, 1.54) is 7.11 Å². The van der Waals surface area contributed by atoms with Crippen LogP contribution < -0.4 is 14.8 Å². The van der Waals surface area contributed by atoms with Crippen molar-refractivity contribution in [2.75, 3.05) is 14.2 Å². The number of nitrogens with zero attached hydrogens (tertiary/aromatic N) is 1. The van der Waals surface area contributed by atoms with Crippen LogP contribution in [0, 0.1) is 0 Å². The van der Waals surface area contributed by atoms with E-state index in [-0.39, 0.29) is 18.4 Å². The van der Waals surface area contributed by atoms with E-state index in [1.54, 1.807) is 24.1 Å². The average Bonchev–Trinajstić information content (AvgIpc) is 3.22. The summed E-state index contributed by atoms with van der Waals surface area (Å²) in [6, 6.07) is 30.3. The van der Waals surface area contributed by atoms with Crippen molar-refractivity contribution in [2.24, 2.45) is 0 Å². The molecule has 37 heavy (non-hydrogen) atoms. The predicted octanol–water partition coefficient (Wildman–Crippen LogP) is 5.38. The van der Waals surface area contributed by atoms with Crippen LogP contribution in [0.3, 0.4) is 0 Å². The normalized spacial score (nSPS) is 14.3. The first kappa shape index (κ1) is 24.1. The maximum absolute atomic E-state index is 13.8. The molecule has 1 atom stereocenters. The number of nitrogens with one attached hydrogen (secondary N) is 1. The largest absolute Gasteiger partial charge is 0.493 e. The molecule has 186 valence electrons. The van der Waals surface area contributed by atoms with Gasteiger partial charge in [0.15, 0.2) is 11.5 Å². The van der Waals surface area contributed by atoms with Gasteiger partial charge in [-0.15, -0.1) is 0 Å². The van der Waals surface area contributed by atoms with Crippen LogP contribution in [0.4, 0.5) is 0 Å². The molecule has 4 aromatic rings. The Labute approximate surface area is 216 Å². The summed E-state index contributed by atoms with van der Waals surface area (Å²) in [5.74, 6) is 0.449. The van der Waals surface area contributed by atoms with Crippen LogP contribution in [0.1, 0.15) is 33.1 Å². The zero-order valence-electron chi connectivity index (χ0n) is 20.8. The van der Waals surface area contributed by atoms with E-state index in [0.29, 0.717) is 29.2 Å². The lowest BCUT2D eigenvalue weighted by Crippen LogP contribution is -2.38. The van der Waals surface area contributed by atoms with Crippen LogP contribution in [0.5, 0.6) is 11.5 Å². The summed E-state index contributed by atoms with van der Waals surface area (Å²) in [7, 11) is 3.07. The zero-order valence-corrected chi connectivity index (χ0v) is 20.8. The molecule has 1 heterocycles. The second-order valence-electron chi connectivity index (χ2n) is 8.86. The van der Waals surface area contributed by atoms with Crippen molar-refractivity contribution in [1.29, 1.82) is 0 Å². The summed E-state index contributed by atoms with van der Waals surface area (Å²) in [5, 5.41) is 3.03. The molecule has 0 saturated carbocycles. The second kappa shape index (κ2) is 10.6. The van der Waals surface area contributed by atoms with Crippen molar-refractivity contribution in [3.63, 3.8) is 0 Å². The maximum Gasteiger partial charge on any atom is 0.255 e. The summed E-state index contributed by atoms with van der Waals surface area (Å²) in [6.45, 7) is 0.633. The fourth-order valence-electron chi connectivity index (χ4n) is 4.81. The molecule has 0 saturated heterocycles. The molecular weight excluding hydrogens is 464 g/mol. The number of carbonyl (C=O) groups is 2. The fourth-order valence-corrected chi connectivity index (χ4v) is 4.81. The number of hydrogen-bond acceptors (Lipinski definition) is 4. The van der Waals surface area contributed by atoms with Crippen LogP contribution in [0.2, 0.25) is 0 Å². The van der Waals surface area contributed by atoms with Crippen molar-refractivity contribution in [3.05, 3.63) is 119 Å². The van der Waals surface area contributed by atoms with E-state index < -0.39 is 6.04 Å². The molecule has 1 N–H and O–H groups in total. The van der Waals surface area contributed by atoms with E-state index >= 15 is 0 Å². The Bertz CT molecular complexity index is 1420. The average molecular weight is 493 g/mol. The van der Waals surface area contributed by atoms with Crippen molar-refractivity contribution in [2.45, 2.75) is 19.1 Å². The van der Waals surface area contributed by atoms with Gasteiger partial charge in [0.25, 0.3) is 5.91 Å². The van der Waals surface area contributed by atoms with Crippen LogP contribution in [-0.2, 0) is 17.9 Å². The van der Waals surface area contributed by atoms with Gasteiger partial charge in [0.1, 0.15) is 6.04 Å². The highest BCUT2D eigenvalue weighted by Gasteiger charge is 2.42. The summed E-state index contributed by atoms with van der Waals surface area (Å²) in [5.41, 5.74) is 5.05. The fraction of sp³-hybridized carbons (Fsp3) is 0.161. The standard InChI is InChI=1S/C31H28N2O4/c1-36-27-17-25-26(18-28(27)37-2)31(35)33(29(25)30(34)32-19-21-11-5-3-6-12-21)20-23-15-9-10-16-24(23)22-13-7-4-8-14-22/h3-18,29H,19-20H2,1-2H3,(H,32,34). The van der Waals surface area contributed by atoms with Crippen LogP contribution in [0.25, 0.3) is 11.1 Å². The maximum atomic E-state index is 13.8. The van der Waals surface area contributed by atoms with Gasteiger partial charge in [0.05, 0.1) is 14.2 Å². The van der Waals surface area contributed by atoms with Gasteiger partial charge in [-0.05, 0) is 34.4 Å². The van der Waals surface area contributed by atoms with Crippen molar-refractivity contribution >= 4 is 11.8 Å². The SMILES string of the molecule is COc1cc2c(cc1OC)C(C(=O)NCc1ccccc1)N(Cc1ccccc1-c1ccccc1)C2=O. The van der Waals surface area contributed by atoms with E-state index in [1.807, 2.05) is 84.9 Å². The molecular formula is C31H28N2O4. The Kier molecular flexibility index (Phi) is 6.90. The van der Waals surface area contributed by atoms with Crippen molar-refractivity contribution in [1.82, 2.24) is 10.2 Å². The lowest BCUT2D eigenvalue weighted by Gasteiger charge is -2.26. The van der Waals surface area contributed by atoms with Gasteiger partial charge in [0.2, 0.25) is 5.91 Å². The van der Waals surface area contributed by atoms with Gasteiger partial charge in [-0.25, -0.2) is 0 Å². The number of rotatable bonds is 8. The lowest BCUT2D eigenvalue weighted by atomic mass is 9.99. The molecule has 0 aromatic heterocycles. The monoisotopic (exact) mass is 492 g/mol. The second-order valence-corrected chi connectivity index (χ2v) is 8.86. The number of carbonyl (C=O) groups excluding carboxylic acids is 2.